The van der Waals surface area contributed by atoms with Crippen molar-refractivity contribution in [2.24, 2.45) is 5.92 Å². The molecule has 2 aromatic rings. The minimum Gasteiger partial charge on any atom is -0.493 e. The van der Waals surface area contributed by atoms with E-state index >= 15 is 0 Å². The molecule has 1 saturated carbocycles. The molecule has 0 spiro atoms. The van der Waals surface area contributed by atoms with Gasteiger partial charge in [0.25, 0.3) is 10.4 Å². The summed E-state index contributed by atoms with van der Waals surface area (Å²) in [6, 6.07) is 5.01. The minimum atomic E-state index is -0.399. The maximum atomic E-state index is 12.1. The summed E-state index contributed by atoms with van der Waals surface area (Å²) >= 11 is 8.55. The van der Waals surface area contributed by atoms with Crippen molar-refractivity contribution in [1.82, 2.24) is 15.2 Å². The number of hydrogen-bond acceptors (Lipinski definition) is 8. The van der Waals surface area contributed by atoms with Crippen LogP contribution in [0.3, 0.4) is 0 Å². The molecular weight excluding hydrogens is 486 g/mol. The Bertz CT molecular complexity index is 1070. The number of aromatic nitrogens is 1. The van der Waals surface area contributed by atoms with Crippen LogP contribution >= 0.6 is 34.7 Å². The lowest BCUT2D eigenvalue weighted by Gasteiger charge is -2.14. The highest BCUT2D eigenvalue weighted by Gasteiger charge is 2.31. The third-order valence-electron chi connectivity index (χ3n) is 4.87. The highest BCUT2D eigenvalue weighted by molar-refractivity contribution is 8.14. The molecular formula is C22H22ClN3O5S2. The summed E-state index contributed by atoms with van der Waals surface area (Å²) in [5, 5.41) is 3.23. The van der Waals surface area contributed by atoms with Gasteiger partial charge < -0.3 is 14.8 Å². The number of thiazole rings is 1. The molecule has 2 fully saturated rings. The van der Waals surface area contributed by atoms with Gasteiger partial charge in [-0.05, 0) is 43.9 Å². The Morgan fingerprint density at radius 3 is 2.91 bits per heavy atom. The number of halogens is 1. The lowest BCUT2D eigenvalue weighted by Crippen LogP contribution is -2.42. The van der Waals surface area contributed by atoms with Crippen molar-refractivity contribution in [3.8, 4) is 16.7 Å². The molecule has 33 heavy (non-hydrogen) atoms. The van der Waals surface area contributed by atoms with Gasteiger partial charge >= 0.3 is 0 Å². The van der Waals surface area contributed by atoms with E-state index in [1.54, 1.807) is 31.3 Å². The van der Waals surface area contributed by atoms with Crippen molar-refractivity contribution < 1.29 is 23.9 Å². The molecule has 1 aromatic heterocycles. The highest BCUT2D eigenvalue weighted by Crippen LogP contribution is 2.35. The van der Waals surface area contributed by atoms with E-state index in [4.69, 9.17) is 21.1 Å². The summed E-state index contributed by atoms with van der Waals surface area (Å²) in [7, 11) is 0. The fraction of sp³-hybridized carbons (Fsp3) is 0.364. The predicted molar refractivity (Wildman–Crippen MR) is 128 cm³/mol. The van der Waals surface area contributed by atoms with Gasteiger partial charge in [0.1, 0.15) is 18.0 Å². The Hall–Kier alpha value is -2.56. The quantitative estimate of drug-likeness (QED) is 0.502. The van der Waals surface area contributed by atoms with Crippen molar-refractivity contribution in [2.75, 3.05) is 18.9 Å². The molecule has 1 N–H and O–H groups in total. The molecule has 0 radical (unpaired) electrons. The van der Waals surface area contributed by atoms with Gasteiger partial charge in [0.05, 0.1) is 22.3 Å². The Labute approximate surface area is 204 Å². The second kappa shape index (κ2) is 10.6. The van der Waals surface area contributed by atoms with Gasteiger partial charge in [-0.1, -0.05) is 40.8 Å². The molecule has 1 aromatic carbocycles. The molecule has 174 valence electrons. The van der Waals surface area contributed by atoms with Crippen LogP contribution in [0.25, 0.3) is 6.08 Å². The fourth-order valence-corrected chi connectivity index (χ4v) is 4.53. The summed E-state index contributed by atoms with van der Waals surface area (Å²) in [5.74, 6) is 1.21. The van der Waals surface area contributed by atoms with E-state index in [0.717, 1.165) is 27.3 Å². The SMILES string of the molecule is C[C@@H](/C=C/c1cnc(Oc2ccc(OCC3CC3)cc2Cl)s1)NC(=O)CN1C(=O)CSC1=O. The minimum absolute atomic E-state index is 0.0842. The lowest BCUT2D eigenvalue weighted by molar-refractivity contribution is -0.130. The van der Waals surface area contributed by atoms with Crippen molar-refractivity contribution >= 4 is 57.8 Å². The second-order valence-electron chi connectivity index (χ2n) is 7.73. The van der Waals surface area contributed by atoms with Crippen molar-refractivity contribution in [3.63, 3.8) is 0 Å². The van der Waals surface area contributed by atoms with E-state index in [2.05, 4.69) is 10.3 Å². The Morgan fingerprint density at radius 1 is 1.39 bits per heavy atom. The van der Waals surface area contributed by atoms with Gasteiger partial charge in [-0.25, -0.2) is 4.98 Å². The summed E-state index contributed by atoms with van der Waals surface area (Å²) in [6.45, 7) is 2.24. The standard InChI is InChI=1S/C22H22ClN3O5S2/c1-13(25-19(27)10-26-20(28)12-32-22(26)29)2-6-16-9-24-21(33-16)31-18-7-5-15(8-17(18)23)30-11-14-3-4-14/h2,5-9,13-14H,3-4,10-12H2,1H3,(H,25,27)/b6-2+/t13-/m0/s1. The number of hydrogen-bond donors (Lipinski definition) is 1. The van der Waals surface area contributed by atoms with Crippen molar-refractivity contribution in [2.45, 2.75) is 25.8 Å². The molecule has 0 bridgehead atoms. The average molecular weight is 508 g/mol. The molecule has 1 aliphatic heterocycles. The molecule has 1 atom stereocenters. The number of amides is 3. The number of carbonyl (C=O) groups is 3. The Kier molecular flexibility index (Phi) is 7.56. The van der Waals surface area contributed by atoms with Crippen LogP contribution in [0.2, 0.25) is 5.02 Å². The zero-order valence-electron chi connectivity index (χ0n) is 17.8. The molecule has 4 rings (SSSR count). The zero-order chi connectivity index (χ0) is 23.4. The van der Waals surface area contributed by atoms with Crippen LogP contribution < -0.4 is 14.8 Å². The largest absolute Gasteiger partial charge is 0.493 e. The van der Waals surface area contributed by atoms with Crippen LogP contribution in [0.4, 0.5) is 4.79 Å². The number of benzene rings is 1. The van der Waals surface area contributed by atoms with E-state index in [-0.39, 0.29) is 24.2 Å². The van der Waals surface area contributed by atoms with Gasteiger partial charge in [0.15, 0.2) is 0 Å². The van der Waals surface area contributed by atoms with Gasteiger partial charge in [0.2, 0.25) is 11.8 Å². The van der Waals surface area contributed by atoms with Crippen LogP contribution in [0, 0.1) is 5.92 Å². The second-order valence-corrected chi connectivity index (χ2v) is 10.1. The molecule has 8 nitrogen and oxygen atoms in total. The molecule has 1 saturated heterocycles. The summed E-state index contributed by atoms with van der Waals surface area (Å²) in [4.78, 5) is 41.3. The normalized spacial score (nSPS) is 17.0. The van der Waals surface area contributed by atoms with E-state index in [0.29, 0.717) is 28.5 Å². The summed E-state index contributed by atoms with van der Waals surface area (Å²) in [6.07, 6.45) is 7.71. The van der Waals surface area contributed by atoms with Crippen LogP contribution in [0.5, 0.6) is 16.7 Å². The third-order valence-corrected chi connectivity index (χ3v) is 6.86. The lowest BCUT2D eigenvalue weighted by atomic mass is 10.3. The fourth-order valence-electron chi connectivity index (χ4n) is 2.91. The van der Waals surface area contributed by atoms with Gasteiger partial charge in [-0.15, -0.1) is 0 Å². The topological polar surface area (TPSA) is 97.8 Å². The van der Waals surface area contributed by atoms with Gasteiger partial charge in [-0.3, -0.25) is 19.3 Å². The first-order valence-corrected chi connectivity index (χ1v) is 12.6. The number of ether oxygens (including phenoxy) is 2. The molecule has 2 aliphatic rings. The summed E-state index contributed by atoms with van der Waals surface area (Å²) < 4.78 is 11.5. The third kappa shape index (κ3) is 6.72. The predicted octanol–water partition coefficient (Wildman–Crippen LogP) is 4.59. The van der Waals surface area contributed by atoms with Crippen LogP contribution in [-0.2, 0) is 9.59 Å². The number of imide groups is 1. The summed E-state index contributed by atoms with van der Waals surface area (Å²) in [5.41, 5.74) is 0. The number of nitrogens with zero attached hydrogens (tertiary/aromatic N) is 2. The van der Waals surface area contributed by atoms with Gasteiger partial charge in [-0.2, -0.15) is 0 Å². The monoisotopic (exact) mass is 507 g/mol. The number of thioether (sulfide) groups is 1. The first-order valence-electron chi connectivity index (χ1n) is 10.4. The van der Waals surface area contributed by atoms with E-state index in [1.165, 1.54) is 24.2 Å². The van der Waals surface area contributed by atoms with Gasteiger partial charge in [0, 0.05) is 18.3 Å². The van der Waals surface area contributed by atoms with Crippen molar-refractivity contribution in [3.05, 3.63) is 40.4 Å². The Morgan fingerprint density at radius 2 is 2.21 bits per heavy atom. The molecule has 2 heterocycles. The number of rotatable bonds is 10. The first-order chi connectivity index (χ1) is 15.9. The number of carbonyl (C=O) groups excluding carboxylic acids is 3. The smallest absolute Gasteiger partial charge is 0.289 e. The molecule has 3 amide bonds. The van der Waals surface area contributed by atoms with E-state index < -0.39 is 11.1 Å². The molecule has 11 heteroatoms. The van der Waals surface area contributed by atoms with Crippen molar-refractivity contribution in [1.29, 1.82) is 0 Å². The number of nitrogens with one attached hydrogen (secondary N) is 1. The zero-order valence-corrected chi connectivity index (χ0v) is 20.2. The molecule has 1 aliphatic carbocycles. The first kappa shape index (κ1) is 23.6. The van der Waals surface area contributed by atoms with Crippen LogP contribution in [0.15, 0.2) is 30.5 Å². The van der Waals surface area contributed by atoms with Crippen LogP contribution in [0.1, 0.15) is 24.6 Å². The highest BCUT2D eigenvalue weighted by atomic mass is 35.5. The van der Waals surface area contributed by atoms with E-state index in [1.807, 2.05) is 12.1 Å². The maximum absolute atomic E-state index is 12.1. The van der Waals surface area contributed by atoms with E-state index in [9.17, 15) is 14.4 Å². The van der Waals surface area contributed by atoms with Crippen LogP contribution in [-0.4, -0.2) is 51.9 Å². The Balaban J connectivity index is 1.26. The maximum Gasteiger partial charge on any atom is 0.289 e. The molecule has 0 unspecified atom stereocenters. The average Bonchev–Trinajstić information content (AvgIpc) is 3.43.